The van der Waals surface area contributed by atoms with E-state index in [0.29, 0.717) is 6.26 Å². The van der Waals surface area contributed by atoms with Crippen LogP contribution in [0.3, 0.4) is 0 Å². The third-order valence-electron chi connectivity index (χ3n) is 4.40. The predicted molar refractivity (Wildman–Crippen MR) is 107 cm³/mol. The summed E-state index contributed by atoms with van der Waals surface area (Å²) in [6.45, 7) is 0. The maximum atomic E-state index is 9.08. The molecule has 0 aliphatic rings. The maximum Gasteiger partial charge on any atom is 0.213 e. The van der Waals surface area contributed by atoms with E-state index in [0.717, 1.165) is 6.42 Å². The van der Waals surface area contributed by atoms with Gasteiger partial charge in [0, 0.05) is 18.4 Å². The first-order valence-electron chi connectivity index (χ1n) is 8.58. The van der Waals surface area contributed by atoms with E-state index in [2.05, 4.69) is 90.5 Å². The molecule has 0 bridgehead atoms. The van der Waals surface area contributed by atoms with E-state index in [1.54, 1.807) is 0 Å². The van der Waals surface area contributed by atoms with E-state index in [-0.39, 0.29) is 0 Å². The number of para-hydroxylation sites is 2. The molecule has 0 atom stereocenters. The molecule has 27 heavy (non-hydrogen) atoms. The first kappa shape index (κ1) is 19.0. The number of hydrogen-bond acceptors (Lipinski definition) is 3. The minimum Gasteiger partial charge on any atom is -0.748 e. The van der Waals surface area contributed by atoms with Crippen LogP contribution in [-0.4, -0.2) is 19.2 Å². The summed E-state index contributed by atoms with van der Waals surface area (Å²) in [5.74, 6) is 0. The fraction of sp³-hybridized carbons (Fsp3) is 0.136. The van der Waals surface area contributed by atoms with Crippen molar-refractivity contribution in [1.29, 1.82) is 0 Å². The normalized spacial score (nSPS) is 11.2. The van der Waals surface area contributed by atoms with E-state index in [4.69, 9.17) is 13.0 Å². The van der Waals surface area contributed by atoms with Gasteiger partial charge in [0.2, 0.25) is 11.0 Å². The highest BCUT2D eigenvalue weighted by Crippen LogP contribution is 2.26. The Morgan fingerprint density at radius 2 is 1.19 bits per heavy atom. The third-order valence-corrected chi connectivity index (χ3v) is 4.40. The molecular formula is C22H21NO3S. The second kappa shape index (κ2) is 7.86. The van der Waals surface area contributed by atoms with Crippen LogP contribution in [0.5, 0.6) is 0 Å². The molecule has 4 rings (SSSR count). The van der Waals surface area contributed by atoms with Crippen molar-refractivity contribution in [3.8, 4) is 0 Å². The van der Waals surface area contributed by atoms with Crippen molar-refractivity contribution in [3.63, 3.8) is 0 Å². The first-order chi connectivity index (χ1) is 12.8. The van der Waals surface area contributed by atoms with Gasteiger partial charge in [0.25, 0.3) is 0 Å². The van der Waals surface area contributed by atoms with Crippen molar-refractivity contribution in [2.24, 2.45) is 7.05 Å². The average Bonchev–Trinajstić information content (AvgIpc) is 2.65. The van der Waals surface area contributed by atoms with Crippen LogP contribution in [-0.2, 0) is 23.6 Å². The van der Waals surface area contributed by atoms with Crippen molar-refractivity contribution in [2.75, 3.05) is 6.26 Å². The van der Waals surface area contributed by atoms with Crippen LogP contribution in [0.1, 0.15) is 11.1 Å². The number of nitrogens with zero attached hydrogens (tertiary/aromatic N) is 1. The Labute approximate surface area is 159 Å². The molecule has 138 valence electrons. The fourth-order valence-electron chi connectivity index (χ4n) is 3.31. The van der Waals surface area contributed by atoms with Gasteiger partial charge in [-0.25, -0.2) is 8.42 Å². The molecule has 4 nitrogen and oxygen atoms in total. The number of hydrogen-bond donors (Lipinski definition) is 0. The van der Waals surface area contributed by atoms with Crippen LogP contribution < -0.4 is 4.57 Å². The molecule has 0 aliphatic heterocycles. The Morgan fingerprint density at radius 3 is 1.67 bits per heavy atom. The van der Waals surface area contributed by atoms with Gasteiger partial charge in [-0.05, 0) is 29.7 Å². The van der Waals surface area contributed by atoms with E-state index < -0.39 is 10.1 Å². The van der Waals surface area contributed by atoms with Crippen LogP contribution in [0.4, 0.5) is 0 Å². The Hall–Kier alpha value is -2.76. The molecule has 1 heterocycles. The molecule has 0 N–H and O–H groups in total. The molecule has 4 aromatic rings. The fourth-order valence-corrected chi connectivity index (χ4v) is 3.31. The summed E-state index contributed by atoms with van der Waals surface area (Å²) < 4.78 is 29.5. The zero-order chi connectivity index (χ0) is 19.4. The molecule has 1 aromatic heterocycles. The molecule has 0 saturated heterocycles. The second-order valence-electron chi connectivity index (χ2n) is 6.44. The summed E-state index contributed by atoms with van der Waals surface area (Å²) in [5, 5.41) is 2.68. The SMILES string of the molecule is CS(=O)(=O)[O-].C[n+]1c2ccccc2c(Cc2ccccc2)c2ccccc21. The molecule has 5 heteroatoms. The Bertz CT molecular complexity index is 1120. The predicted octanol–water partition coefficient (Wildman–Crippen LogP) is 3.57. The zero-order valence-corrected chi connectivity index (χ0v) is 16.1. The largest absolute Gasteiger partial charge is 0.748 e. The lowest BCUT2D eigenvalue weighted by molar-refractivity contribution is -0.617. The number of fused-ring (bicyclic) bond motifs is 2. The number of aromatic nitrogens is 1. The van der Waals surface area contributed by atoms with Gasteiger partial charge >= 0.3 is 0 Å². The third kappa shape index (κ3) is 4.70. The minimum atomic E-state index is -3.92. The molecule has 3 aromatic carbocycles. The number of aryl methyl sites for hydroxylation is 1. The van der Waals surface area contributed by atoms with E-state index in [1.165, 1.54) is 32.9 Å². The lowest BCUT2D eigenvalue weighted by Gasteiger charge is -2.10. The van der Waals surface area contributed by atoms with Crippen molar-refractivity contribution in [1.82, 2.24) is 0 Å². The lowest BCUT2D eigenvalue weighted by atomic mass is 9.96. The van der Waals surface area contributed by atoms with Crippen LogP contribution in [0.15, 0.2) is 78.9 Å². The molecule has 0 unspecified atom stereocenters. The van der Waals surface area contributed by atoms with Gasteiger partial charge in [-0.15, -0.1) is 0 Å². The average molecular weight is 379 g/mol. The molecule has 0 radical (unpaired) electrons. The highest BCUT2D eigenvalue weighted by molar-refractivity contribution is 7.84. The Morgan fingerprint density at radius 1 is 0.778 bits per heavy atom. The molecule has 0 aliphatic carbocycles. The van der Waals surface area contributed by atoms with Crippen LogP contribution in [0.25, 0.3) is 21.8 Å². The first-order valence-corrected chi connectivity index (χ1v) is 10.4. The molecule has 0 fully saturated rings. The van der Waals surface area contributed by atoms with Gasteiger partial charge in [-0.1, -0.05) is 54.6 Å². The van der Waals surface area contributed by atoms with Gasteiger partial charge in [0.1, 0.15) is 7.05 Å². The number of benzene rings is 3. The van der Waals surface area contributed by atoms with Crippen molar-refractivity contribution < 1.29 is 17.5 Å². The highest BCUT2D eigenvalue weighted by atomic mass is 32.2. The standard InChI is InChI=1S/C21H18N.CH4O3S/c1-22-20-13-7-5-11-17(20)19(15-16-9-3-2-4-10-16)18-12-6-8-14-21(18)22;1-5(2,3)4/h2-14H,15H2,1H3;1H3,(H,2,3,4)/q+1;/p-1. The lowest BCUT2D eigenvalue weighted by Crippen LogP contribution is -2.30. The monoisotopic (exact) mass is 379 g/mol. The topological polar surface area (TPSA) is 61.1 Å². The van der Waals surface area contributed by atoms with E-state index in [9.17, 15) is 0 Å². The van der Waals surface area contributed by atoms with Crippen molar-refractivity contribution in [2.45, 2.75) is 6.42 Å². The van der Waals surface area contributed by atoms with Gasteiger partial charge in [0.15, 0.2) is 0 Å². The number of rotatable bonds is 2. The highest BCUT2D eigenvalue weighted by Gasteiger charge is 2.16. The summed E-state index contributed by atoms with van der Waals surface area (Å²) >= 11 is 0. The van der Waals surface area contributed by atoms with Gasteiger partial charge in [-0.3, -0.25) is 0 Å². The quantitative estimate of drug-likeness (QED) is 0.304. The summed E-state index contributed by atoms with van der Waals surface area (Å²) in [6.07, 6.45) is 1.57. The summed E-state index contributed by atoms with van der Waals surface area (Å²) in [6, 6.07) is 28.1. The minimum absolute atomic E-state index is 0.604. The number of pyridine rings is 1. The smallest absolute Gasteiger partial charge is 0.213 e. The molecule has 0 saturated carbocycles. The van der Waals surface area contributed by atoms with E-state index in [1.807, 2.05) is 0 Å². The molecule has 0 amide bonds. The Balaban J connectivity index is 0.000000376. The van der Waals surface area contributed by atoms with Gasteiger partial charge in [-0.2, -0.15) is 4.57 Å². The molecular weight excluding hydrogens is 358 g/mol. The van der Waals surface area contributed by atoms with Gasteiger partial charge in [0.05, 0.1) is 20.9 Å². The van der Waals surface area contributed by atoms with Crippen molar-refractivity contribution >= 4 is 31.9 Å². The molecule has 0 spiro atoms. The van der Waals surface area contributed by atoms with Crippen LogP contribution in [0.2, 0.25) is 0 Å². The summed E-state index contributed by atoms with van der Waals surface area (Å²) in [5.41, 5.74) is 5.33. The summed E-state index contributed by atoms with van der Waals surface area (Å²) in [4.78, 5) is 0. The van der Waals surface area contributed by atoms with Crippen molar-refractivity contribution in [3.05, 3.63) is 90.0 Å². The van der Waals surface area contributed by atoms with Crippen LogP contribution in [0, 0.1) is 0 Å². The zero-order valence-electron chi connectivity index (χ0n) is 15.3. The second-order valence-corrected chi connectivity index (χ2v) is 7.85. The van der Waals surface area contributed by atoms with Gasteiger partial charge < -0.3 is 4.55 Å². The maximum absolute atomic E-state index is 9.08. The Kier molecular flexibility index (Phi) is 5.54. The van der Waals surface area contributed by atoms with Crippen LogP contribution >= 0.6 is 0 Å². The van der Waals surface area contributed by atoms with E-state index >= 15 is 0 Å². The summed E-state index contributed by atoms with van der Waals surface area (Å²) in [7, 11) is -1.77.